The minimum atomic E-state index is -0.470. The molecule has 0 aliphatic carbocycles. The van der Waals surface area contributed by atoms with Gasteiger partial charge in [0.15, 0.2) is 0 Å². The molecule has 1 atom stereocenters. The number of β-amino-alcohol motifs (C(OH)–C–C–N with tert-alkyl or cyclic N) is 1. The van der Waals surface area contributed by atoms with Crippen molar-refractivity contribution in [3.63, 3.8) is 0 Å². The number of fused-ring (bicyclic) bond motifs is 1. The molecule has 100 valence electrons. The summed E-state index contributed by atoms with van der Waals surface area (Å²) in [7, 11) is 0. The fourth-order valence-electron chi connectivity index (χ4n) is 2.31. The molecule has 5 nitrogen and oxygen atoms in total. The molecule has 0 spiro atoms. The number of halogens is 1. The van der Waals surface area contributed by atoms with Gasteiger partial charge < -0.3 is 9.67 Å². The molecule has 3 rings (SSSR count). The second-order valence-corrected chi connectivity index (χ2v) is 5.66. The molecule has 0 saturated carbocycles. The summed E-state index contributed by atoms with van der Waals surface area (Å²) >= 11 is 3.40. The van der Waals surface area contributed by atoms with E-state index in [4.69, 9.17) is 0 Å². The van der Waals surface area contributed by atoms with Crippen molar-refractivity contribution in [3.8, 4) is 0 Å². The monoisotopic (exact) mass is 322 g/mol. The third-order valence-electron chi connectivity index (χ3n) is 3.40. The van der Waals surface area contributed by atoms with Crippen molar-refractivity contribution in [2.45, 2.75) is 19.2 Å². The highest BCUT2D eigenvalue weighted by atomic mass is 79.9. The zero-order valence-electron chi connectivity index (χ0n) is 10.4. The van der Waals surface area contributed by atoms with Gasteiger partial charge in [-0.3, -0.25) is 4.90 Å². The second kappa shape index (κ2) is 5.40. The largest absolute Gasteiger partial charge is 0.387 e. The van der Waals surface area contributed by atoms with Gasteiger partial charge in [0.1, 0.15) is 12.2 Å². The zero-order chi connectivity index (χ0) is 13.2. The maximum atomic E-state index is 10.3. The van der Waals surface area contributed by atoms with Gasteiger partial charge in [0, 0.05) is 24.1 Å². The summed E-state index contributed by atoms with van der Waals surface area (Å²) in [5.41, 5.74) is 0.940. The number of aliphatic hydroxyl groups is 1. The van der Waals surface area contributed by atoms with Crippen LogP contribution >= 0.6 is 15.9 Å². The van der Waals surface area contributed by atoms with Crippen molar-refractivity contribution in [2.75, 3.05) is 13.1 Å². The third-order valence-corrected chi connectivity index (χ3v) is 3.93. The van der Waals surface area contributed by atoms with Crippen molar-refractivity contribution >= 4 is 15.9 Å². The van der Waals surface area contributed by atoms with Crippen LogP contribution in [0.2, 0.25) is 0 Å². The third kappa shape index (κ3) is 2.86. The lowest BCUT2D eigenvalue weighted by atomic mass is 10.1. The van der Waals surface area contributed by atoms with Gasteiger partial charge in [0.2, 0.25) is 0 Å². The Morgan fingerprint density at radius 2 is 2.05 bits per heavy atom. The number of nitrogens with zero attached hydrogens (tertiary/aromatic N) is 4. The minimum Gasteiger partial charge on any atom is -0.387 e. The average Bonchev–Trinajstić information content (AvgIpc) is 2.87. The van der Waals surface area contributed by atoms with Gasteiger partial charge >= 0.3 is 0 Å². The standard InChI is InChI=1S/C13H15BrN4O/c14-11-3-1-10(2-4-11)12(19)7-17-5-6-18-9-15-16-13(18)8-17/h1-4,9,12,19H,5-8H2. The number of benzene rings is 1. The Hall–Kier alpha value is -1.24. The van der Waals surface area contributed by atoms with Gasteiger partial charge in [-0.1, -0.05) is 28.1 Å². The lowest BCUT2D eigenvalue weighted by Crippen LogP contribution is -2.36. The summed E-state index contributed by atoms with van der Waals surface area (Å²) in [6, 6.07) is 7.79. The van der Waals surface area contributed by atoms with Gasteiger partial charge in [-0.2, -0.15) is 0 Å². The Kier molecular flexibility index (Phi) is 3.63. The summed E-state index contributed by atoms with van der Waals surface area (Å²) < 4.78 is 3.08. The van der Waals surface area contributed by atoms with Gasteiger partial charge in [0.25, 0.3) is 0 Å². The summed E-state index contributed by atoms with van der Waals surface area (Å²) in [6.07, 6.45) is 1.29. The normalized spacial score (nSPS) is 17.2. The molecule has 1 unspecified atom stereocenters. The molecule has 0 fully saturated rings. The maximum absolute atomic E-state index is 10.3. The van der Waals surface area contributed by atoms with Gasteiger partial charge in [-0.05, 0) is 17.7 Å². The molecule has 1 aromatic carbocycles. The SMILES string of the molecule is OC(CN1CCn2cnnc2C1)c1ccc(Br)cc1. The van der Waals surface area contributed by atoms with Crippen LogP contribution < -0.4 is 0 Å². The maximum Gasteiger partial charge on any atom is 0.147 e. The molecular weight excluding hydrogens is 308 g/mol. The van der Waals surface area contributed by atoms with Crippen LogP contribution in [0.3, 0.4) is 0 Å². The van der Waals surface area contributed by atoms with Gasteiger partial charge in [-0.25, -0.2) is 0 Å². The number of hydrogen-bond acceptors (Lipinski definition) is 4. The van der Waals surface area contributed by atoms with Crippen LogP contribution in [0.5, 0.6) is 0 Å². The first kappa shape index (κ1) is 12.8. The molecule has 1 N–H and O–H groups in total. The van der Waals surface area contributed by atoms with Crippen LogP contribution in [0.25, 0.3) is 0 Å². The van der Waals surface area contributed by atoms with Crippen LogP contribution in [0.4, 0.5) is 0 Å². The van der Waals surface area contributed by atoms with E-state index in [0.717, 1.165) is 35.5 Å². The lowest BCUT2D eigenvalue weighted by Gasteiger charge is -2.28. The predicted octanol–water partition coefficient (Wildman–Crippen LogP) is 1.59. The van der Waals surface area contributed by atoms with E-state index >= 15 is 0 Å². The highest BCUT2D eigenvalue weighted by Crippen LogP contribution is 2.19. The summed E-state index contributed by atoms with van der Waals surface area (Å²) in [6.45, 7) is 3.16. The van der Waals surface area contributed by atoms with Crippen LogP contribution in [0.15, 0.2) is 35.1 Å². The van der Waals surface area contributed by atoms with Crippen LogP contribution in [0.1, 0.15) is 17.5 Å². The molecule has 0 amide bonds. The van der Waals surface area contributed by atoms with Gasteiger partial charge in [-0.15, -0.1) is 10.2 Å². The van der Waals surface area contributed by atoms with E-state index in [0.29, 0.717) is 6.54 Å². The average molecular weight is 323 g/mol. The molecule has 0 saturated heterocycles. The molecule has 0 bridgehead atoms. The van der Waals surface area contributed by atoms with Crippen molar-refractivity contribution in [3.05, 3.63) is 46.5 Å². The van der Waals surface area contributed by atoms with E-state index in [9.17, 15) is 5.11 Å². The van der Waals surface area contributed by atoms with E-state index in [2.05, 4.69) is 35.6 Å². The Labute approximate surface area is 120 Å². The lowest BCUT2D eigenvalue weighted by molar-refractivity contribution is 0.0962. The van der Waals surface area contributed by atoms with Crippen molar-refractivity contribution in [1.29, 1.82) is 0 Å². The molecule has 0 radical (unpaired) electrons. The Balaban J connectivity index is 1.64. The fraction of sp³-hybridized carbons (Fsp3) is 0.385. The van der Waals surface area contributed by atoms with Crippen LogP contribution in [0, 0.1) is 0 Å². The quantitative estimate of drug-likeness (QED) is 0.932. The van der Waals surface area contributed by atoms with E-state index < -0.39 is 6.10 Å². The second-order valence-electron chi connectivity index (χ2n) is 4.74. The highest BCUT2D eigenvalue weighted by Gasteiger charge is 2.20. The van der Waals surface area contributed by atoms with E-state index in [1.54, 1.807) is 6.33 Å². The molecule has 1 aromatic heterocycles. The predicted molar refractivity (Wildman–Crippen MR) is 74.4 cm³/mol. The number of rotatable bonds is 3. The van der Waals surface area contributed by atoms with Crippen molar-refractivity contribution in [1.82, 2.24) is 19.7 Å². The Morgan fingerprint density at radius 1 is 1.26 bits per heavy atom. The summed E-state index contributed by atoms with van der Waals surface area (Å²) in [4.78, 5) is 2.21. The number of aromatic nitrogens is 3. The van der Waals surface area contributed by atoms with Crippen molar-refractivity contribution < 1.29 is 5.11 Å². The summed E-state index contributed by atoms with van der Waals surface area (Å²) in [5, 5.41) is 18.2. The first-order valence-electron chi connectivity index (χ1n) is 6.25. The van der Waals surface area contributed by atoms with E-state index in [-0.39, 0.29) is 0 Å². The number of hydrogen-bond donors (Lipinski definition) is 1. The first-order chi connectivity index (χ1) is 9.22. The molecule has 2 heterocycles. The zero-order valence-corrected chi connectivity index (χ0v) is 12.0. The van der Waals surface area contributed by atoms with E-state index in [1.165, 1.54) is 0 Å². The molecule has 2 aromatic rings. The Morgan fingerprint density at radius 3 is 2.84 bits per heavy atom. The fourth-order valence-corrected chi connectivity index (χ4v) is 2.57. The highest BCUT2D eigenvalue weighted by molar-refractivity contribution is 9.10. The number of aliphatic hydroxyl groups excluding tert-OH is 1. The topological polar surface area (TPSA) is 54.2 Å². The molecule has 1 aliphatic heterocycles. The molecule has 19 heavy (non-hydrogen) atoms. The first-order valence-corrected chi connectivity index (χ1v) is 7.04. The van der Waals surface area contributed by atoms with Crippen LogP contribution in [-0.2, 0) is 13.1 Å². The minimum absolute atomic E-state index is 0.470. The van der Waals surface area contributed by atoms with Gasteiger partial charge in [0.05, 0.1) is 12.6 Å². The smallest absolute Gasteiger partial charge is 0.147 e. The molecule has 6 heteroatoms. The molecule has 1 aliphatic rings. The van der Waals surface area contributed by atoms with Crippen LogP contribution in [-0.4, -0.2) is 37.9 Å². The van der Waals surface area contributed by atoms with Crippen molar-refractivity contribution in [2.24, 2.45) is 0 Å². The van der Waals surface area contributed by atoms with E-state index in [1.807, 2.05) is 24.3 Å². The Bertz CT molecular complexity index is 554. The summed E-state index contributed by atoms with van der Waals surface area (Å²) in [5.74, 6) is 0.967. The molecular formula is C13H15BrN4O.